The van der Waals surface area contributed by atoms with Crippen molar-refractivity contribution in [3.63, 3.8) is 0 Å². The zero-order valence-electron chi connectivity index (χ0n) is 13.4. The van der Waals surface area contributed by atoms with Crippen molar-refractivity contribution in [2.45, 2.75) is 6.92 Å². The van der Waals surface area contributed by atoms with Crippen LogP contribution in [-0.4, -0.2) is 19.9 Å². The number of halogens is 2. The summed E-state index contributed by atoms with van der Waals surface area (Å²) in [5.41, 5.74) is 1.01. The lowest BCUT2D eigenvalue weighted by Gasteiger charge is -2.11. The lowest BCUT2D eigenvalue weighted by molar-refractivity contribution is -0.383. The molecule has 0 aliphatic carbocycles. The Morgan fingerprint density at radius 1 is 1.04 bits per heavy atom. The lowest BCUT2D eigenvalue weighted by atomic mass is 10.3. The van der Waals surface area contributed by atoms with Gasteiger partial charge < -0.3 is 10.6 Å². The normalized spacial score (nSPS) is 10.4. The van der Waals surface area contributed by atoms with Crippen molar-refractivity contribution < 1.29 is 4.92 Å². The monoisotopic (exact) mass is 390 g/mol. The van der Waals surface area contributed by atoms with E-state index < -0.39 is 4.92 Å². The van der Waals surface area contributed by atoms with Gasteiger partial charge in [-0.25, -0.2) is 15.0 Å². The maximum Gasteiger partial charge on any atom is 0.353 e. The highest BCUT2D eigenvalue weighted by Crippen LogP contribution is 2.35. The summed E-state index contributed by atoms with van der Waals surface area (Å²) in [6.45, 7) is 1.89. The first-order valence-corrected chi connectivity index (χ1v) is 8.11. The predicted octanol–water partition coefficient (Wildman–Crippen LogP) is 4.88. The molecule has 10 heteroatoms. The number of benzene rings is 1. The van der Waals surface area contributed by atoms with Crippen LogP contribution >= 0.6 is 23.2 Å². The summed E-state index contributed by atoms with van der Waals surface area (Å²) in [5.74, 6) is 0.398. The summed E-state index contributed by atoms with van der Waals surface area (Å²) >= 11 is 12.1. The van der Waals surface area contributed by atoms with Gasteiger partial charge >= 0.3 is 5.69 Å². The molecule has 0 saturated carbocycles. The minimum atomic E-state index is -0.586. The molecule has 3 aromatic rings. The van der Waals surface area contributed by atoms with Crippen molar-refractivity contribution in [3.8, 4) is 0 Å². The first-order valence-electron chi connectivity index (χ1n) is 7.35. The minimum absolute atomic E-state index is 0.00186. The number of hydrogen-bond acceptors (Lipinski definition) is 7. The fourth-order valence-corrected chi connectivity index (χ4v) is 2.46. The van der Waals surface area contributed by atoms with E-state index in [2.05, 4.69) is 25.6 Å². The van der Waals surface area contributed by atoms with Gasteiger partial charge in [0.1, 0.15) is 12.1 Å². The fourth-order valence-electron chi connectivity index (χ4n) is 2.12. The number of anilines is 4. The molecular formula is C16H12Cl2N6O2. The molecule has 0 fully saturated rings. The third-order valence-corrected chi connectivity index (χ3v) is 3.91. The van der Waals surface area contributed by atoms with Crippen LogP contribution in [0, 0.1) is 17.0 Å². The van der Waals surface area contributed by atoms with Crippen LogP contribution in [0.4, 0.5) is 28.8 Å². The molecule has 0 saturated heterocycles. The average Bonchev–Trinajstić information content (AvgIpc) is 2.60. The molecule has 0 bridgehead atoms. The van der Waals surface area contributed by atoms with Crippen molar-refractivity contribution in [2.24, 2.45) is 0 Å². The third-order valence-electron chi connectivity index (χ3n) is 3.34. The molecule has 1 aromatic carbocycles. The fraction of sp³-hybridized carbons (Fsp3) is 0.0625. The topological polar surface area (TPSA) is 106 Å². The van der Waals surface area contributed by atoms with Gasteiger partial charge in [-0.05, 0) is 36.8 Å². The highest BCUT2D eigenvalue weighted by molar-refractivity contribution is 6.35. The van der Waals surface area contributed by atoms with Crippen molar-refractivity contribution in [1.82, 2.24) is 15.0 Å². The number of rotatable bonds is 5. The molecule has 2 aromatic heterocycles. The van der Waals surface area contributed by atoms with E-state index in [9.17, 15) is 10.1 Å². The quantitative estimate of drug-likeness (QED) is 0.472. The second-order valence-electron chi connectivity index (χ2n) is 5.27. The summed E-state index contributed by atoms with van der Waals surface area (Å²) in [5, 5.41) is 18.0. The second kappa shape index (κ2) is 7.51. The number of aryl methyl sites for hydroxylation is 1. The average molecular weight is 391 g/mol. The van der Waals surface area contributed by atoms with Gasteiger partial charge in [-0.1, -0.05) is 29.3 Å². The van der Waals surface area contributed by atoms with Gasteiger partial charge in [0.2, 0.25) is 11.6 Å². The Kier molecular flexibility index (Phi) is 5.15. The lowest BCUT2D eigenvalue weighted by Crippen LogP contribution is -2.06. The van der Waals surface area contributed by atoms with Crippen LogP contribution in [0.3, 0.4) is 0 Å². The van der Waals surface area contributed by atoms with E-state index in [1.165, 1.54) is 6.33 Å². The van der Waals surface area contributed by atoms with Crippen molar-refractivity contribution >= 4 is 52.0 Å². The largest absolute Gasteiger partial charge is 0.353 e. The molecule has 0 spiro atoms. The molecule has 0 unspecified atom stereocenters. The van der Waals surface area contributed by atoms with Gasteiger partial charge in [0, 0.05) is 11.2 Å². The Labute approximate surface area is 158 Å². The molecule has 8 nitrogen and oxygen atoms in total. The molecular weight excluding hydrogens is 379 g/mol. The van der Waals surface area contributed by atoms with Gasteiger partial charge in [-0.2, -0.15) is 0 Å². The number of nitrogens with one attached hydrogen (secondary N) is 2. The zero-order valence-corrected chi connectivity index (χ0v) is 14.9. The number of nitrogens with zero attached hydrogens (tertiary/aromatic N) is 4. The highest BCUT2D eigenvalue weighted by atomic mass is 35.5. The maximum absolute atomic E-state index is 11.6. The molecule has 3 rings (SSSR count). The van der Waals surface area contributed by atoms with Crippen LogP contribution in [0.5, 0.6) is 0 Å². The molecule has 0 atom stereocenters. The maximum atomic E-state index is 11.6. The summed E-state index contributed by atoms with van der Waals surface area (Å²) in [6, 6.07) is 8.26. The molecule has 0 amide bonds. The molecule has 0 radical (unpaired) electrons. The second-order valence-corrected chi connectivity index (χ2v) is 6.12. The number of pyridine rings is 1. The Morgan fingerprint density at radius 2 is 1.77 bits per heavy atom. The summed E-state index contributed by atoms with van der Waals surface area (Å²) in [7, 11) is 0. The van der Waals surface area contributed by atoms with Gasteiger partial charge in [-0.3, -0.25) is 10.1 Å². The first-order chi connectivity index (χ1) is 12.4. The van der Waals surface area contributed by atoms with Crippen LogP contribution in [-0.2, 0) is 0 Å². The SMILES string of the molecule is Cc1ccc(Nc2ncnc(Nc3cc(Cl)ccc3Cl)c2[N+](=O)[O-])nc1. The van der Waals surface area contributed by atoms with E-state index >= 15 is 0 Å². The Hall–Kier alpha value is -2.97. The van der Waals surface area contributed by atoms with Crippen molar-refractivity contribution in [1.29, 1.82) is 0 Å². The smallest absolute Gasteiger partial charge is 0.333 e. The molecule has 26 heavy (non-hydrogen) atoms. The standard InChI is InChI=1S/C16H12Cl2N6O2/c1-9-2-5-13(19-7-9)23-16-14(24(25)26)15(20-8-21-16)22-12-6-10(17)3-4-11(12)18/h2-8H,1H3,(H2,19,20,21,22,23). The first kappa shape index (κ1) is 17.8. The Bertz CT molecular complexity index is 965. The van der Waals surface area contributed by atoms with Crippen molar-refractivity contribution in [3.05, 3.63) is 68.6 Å². The summed E-state index contributed by atoms with van der Waals surface area (Å²) in [4.78, 5) is 23.1. The van der Waals surface area contributed by atoms with E-state index in [0.29, 0.717) is 21.6 Å². The van der Waals surface area contributed by atoms with Crippen LogP contribution in [0.1, 0.15) is 5.56 Å². The van der Waals surface area contributed by atoms with E-state index in [1.54, 1.807) is 30.5 Å². The van der Waals surface area contributed by atoms with Crippen LogP contribution in [0.2, 0.25) is 10.0 Å². The minimum Gasteiger partial charge on any atom is -0.333 e. The van der Waals surface area contributed by atoms with Crippen LogP contribution in [0.15, 0.2) is 42.9 Å². The van der Waals surface area contributed by atoms with Gasteiger partial charge in [0.25, 0.3) is 0 Å². The molecule has 0 aliphatic heterocycles. The van der Waals surface area contributed by atoms with E-state index in [4.69, 9.17) is 23.2 Å². The van der Waals surface area contributed by atoms with E-state index in [1.807, 2.05) is 13.0 Å². The Morgan fingerprint density at radius 3 is 2.42 bits per heavy atom. The van der Waals surface area contributed by atoms with Gasteiger partial charge in [-0.15, -0.1) is 0 Å². The third kappa shape index (κ3) is 3.98. The highest BCUT2D eigenvalue weighted by Gasteiger charge is 2.24. The van der Waals surface area contributed by atoms with Gasteiger partial charge in [0.05, 0.1) is 15.6 Å². The Balaban J connectivity index is 1.99. The summed E-state index contributed by atoms with van der Waals surface area (Å²) < 4.78 is 0. The summed E-state index contributed by atoms with van der Waals surface area (Å²) in [6.07, 6.45) is 2.84. The van der Waals surface area contributed by atoms with Crippen LogP contribution < -0.4 is 10.6 Å². The predicted molar refractivity (Wildman–Crippen MR) is 101 cm³/mol. The molecule has 2 heterocycles. The number of aromatic nitrogens is 3. The van der Waals surface area contributed by atoms with E-state index in [-0.39, 0.29) is 17.3 Å². The molecule has 2 N–H and O–H groups in total. The zero-order chi connectivity index (χ0) is 18.7. The molecule has 132 valence electrons. The van der Waals surface area contributed by atoms with Crippen LogP contribution in [0.25, 0.3) is 0 Å². The molecule has 0 aliphatic rings. The van der Waals surface area contributed by atoms with Gasteiger partial charge in [0.15, 0.2) is 0 Å². The number of nitro groups is 1. The van der Waals surface area contributed by atoms with E-state index in [0.717, 1.165) is 5.56 Å². The van der Waals surface area contributed by atoms with Crippen molar-refractivity contribution in [2.75, 3.05) is 10.6 Å². The number of hydrogen-bond donors (Lipinski definition) is 2.